The fourth-order valence-electron chi connectivity index (χ4n) is 3.92. The van der Waals surface area contributed by atoms with Gasteiger partial charge in [-0.15, -0.1) is 0 Å². The molecule has 2 saturated heterocycles. The number of ether oxygens (including phenoxy) is 1. The van der Waals surface area contributed by atoms with Gasteiger partial charge in [-0.1, -0.05) is 6.92 Å². The molecule has 0 aromatic carbocycles. The summed E-state index contributed by atoms with van der Waals surface area (Å²) in [5.41, 5.74) is 5.59. The molecular weight excluding hydrogens is 292 g/mol. The summed E-state index contributed by atoms with van der Waals surface area (Å²) in [5, 5.41) is 0. The molecule has 0 radical (unpaired) electrons. The molecule has 1 aromatic rings. The molecule has 6 heteroatoms. The summed E-state index contributed by atoms with van der Waals surface area (Å²) in [6.07, 6.45) is 8.45. The van der Waals surface area contributed by atoms with Gasteiger partial charge in [-0.05, 0) is 25.7 Å². The standard InChI is InChI=1S/C17H28N4O2/c1-2-15-19-7-9-21(15)14-4-3-8-20(12-14)16(22)17(13-18)5-10-23-11-6-17/h7,9,14H,2-6,8,10-13,18H2,1H3. The van der Waals surface area contributed by atoms with E-state index >= 15 is 0 Å². The number of nitrogens with two attached hydrogens (primary N) is 1. The van der Waals surface area contributed by atoms with Gasteiger partial charge in [-0.25, -0.2) is 4.98 Å². The van der Waals surface area contributed by atoms with E-state index in [1.807, 2.05) is 17.3 Å². The minimum atomic E-state index is -0.414. The van der Waals surface area contributed by atoms with Crippen LogP contribution in [0.25, 0.3) is 0 Å². The number of carbonyl (C=O) groups excluding carboxylic acids is 1. The first kappa shape index (κ1) is 16.5. The molecule has 0 spiro atoms. The van der Waals surface area contributed by atoms with E-state index in [0.717, 1.165) is 51.0 Å². The second-order valence-electron chi connectivity index (χ2n) is 6.75. The van der Waals surface area contributed by atoms with E-state index in [9.17, 15) is 4.79 Å². The summed E-state index contributed by atoms with van der Waals surface area (Å²) >= 11 is 0. The van der Waals surface area contributed by atoms with Crippen molar-refractivity contribution < 1.29 is 9.53 Å². The minimum Gasteiger partial charge on any atom is -0.381 e. The maximum atomic E-state index is 13.1. The van der Waals surface area contributed by atoms with Crippen molar-refractivity contribution in [1.82, 2.24) is 14.5 Å². The normalized spacial score (nSPS) is 24.6. The Morgan fingerprint density at radius 1 is 1.48 bits per heavy atom. The molecule has 2 aliphatic rings. The molecule has 6 nitrogen and oxygen atoms in total. The Balaban J connectivity index is 1.74. The van der Waals surface area contributed by atoms with Crippen LogP contribution in [0.15, 0.2) is 12.4 Å². The number of amides is 1. The third kappa shape index (κ3) is 3.15. The molecule has 0 saturated carbocycles. The molecule has 3 heterocycles. The largest absolute Gasteiger partial charge is 0.381 e. The predicted molar refractivity (Wildman–Crippen MR) is 88.0 cm³/mol. The minimum absolute atomic E-state index is 0.228. The van der Waals surface area contributed by atoms with Crippen molar-refractivity contribution in [3.63, 3.8) is 0 Å². The monoisotopic (exact) mass is 320 g/mol. The Morgan fingerprint density at radius 2 is 2.26 bits per heavy atom. The lowest BCUT2D eigenvalue weighted by Gasteiger charge is -2.42. The Kier molecular flexibility index (Phi) is 5.02. The van der Waals surface area contributed by atoms with Gasteiger partial charge >= 0.3 is 0 Å². The highest BCUT2D eigenvalue weighted by atomic mass is 16.5. The Hall–Kier alpha value is -1.40. The molecule has 1 unspecified atom stereocenters. The molecule has 0 bridgehead atoms. The molecule has 2 N–H and O–H groups in total. The molecule has 3 rings (SSSR count). The van der Waals surface area contributed by atoms with Crippen LogP contribution in [0.1, 0.15) is 44.5 Å². The predicted octanol–water partition coefficient (Wildman–Crippen LogP) is 1.36. The topological polar surface area (TPSA) is 73.4 Å². The van der Waals surface area contributed by atoms with Gasteiger partial charge in [0.1, 0.15) is 5.82 Å². The number of nitrogens with zero attached hydrogens (tertiary/aromatic N) is 3. The van der Waals surface area contributed by atoms with Gasteiger partial charge in [0.05, 0.1) is 11.5 Å². The average Bonchev–Trinajstić information content (AvgIpc) is 3.10. The zero-order valence-corrected chi connectivity index (χ0v) is 14.0. The van der Waals surface area contributed by atoms with Crippen molar-refractivity contribution in [2.75, 3.05) is 32.8 Å². The van der Waals surface area contributed by atoms with Crippen molar-refractivity contribution in [3.8, 4) is 0 Å². The first-order valence-electron chi connectivity index (χ1n) is 8.79. The third-order valence-corrected chi connectivity index (χ3v) is 5.44. The highest BCUT2D eigenvalue weighted by Gasteiger charge is 2.42. The molecule has 2 fully saturated rings. The van der Waals surface area contributed by atoms with Crippen LogP contribution in [-0.2, 0) is 16.0 Å². The summed E-state index contributed by atoms with van der Waals surface area (Å²) in [7, 11) is 0. The number of aromatic nitrogens is 2. The van der Waals surface area contributed by atoms with E-state index in [-0.39, 0.29) is 5.91 Å². The van der Waals surface area contributed by atoms with Gasteiger partial charge in [-0.3, -0.25) is 4.79 Å². The lowest BCUT2D eigenvalue weighted by Crippen LogP contribution is -2.53. The lowest BCUT2D eigenvalue weighted by atomic mass is 9.78. The second kappa shape index (κ2) is 7.01. The quantitative estimate of drug-likeness (QED) is 0.909. The average molecular weight is 320 g/mol. The van der Waals surface area contributed by atoms with E-state index in [2.05, 4.69) is 16.5 Å². The summed E-state index contributed by atoms with van der Waals surface area (Å²) in [6, 6.07) is 0.333. The van der Waals surface area contributed by atoms with Crippen molar-refractivity contribution in [3.05, 3.63) is 18.2 Å². The maximum Gasteiger partial charge on any atom is 0.230 e. The van der Waals surface area contributed by atoms with Gasteiger partial charge in [0.2, 0.25) is 5.91 Å². The third-order valence-electron chi connectivity index (χ3n) is 5.44. The fraction of sp³-hybridized carbons (Fsp3) is 0.765. The van der Waals surface area contributed by atoms with Gasteiger partial charge in [0.15, 0.2) is 0 Å². The fourth-order valence-corrected chi connectivity index (χ4v) is 3.92. The number of hydrogen-bond donors (Lipinski definition) is 1. The van der Waals surface area contributed by atoms with Crippen LogP contribution in [0.4, 0.5) is 0 Å². The number of hydrogen-bond acceptors (Lipinski definition) is 4. The van der Waals surface area contributed by atoms with Gasteiger partial charge in [0, 0.05) is 51.7 Å². The molecule has 23 heavy (non-hydrogen) atoms. The molecule has 1 amide bonds. The van der Waals surface area contributed by atoms with Gasteiger partial charge in [0.25, 0.3) is 0 Å². The zero-order valence-electron chi connectivity index (χ0n) is 14.0. The van der Waals surface area contributed by atoms with E-state index < -0.39 is 5.41 Å². The maximum absolute atomic E-state index is 13.1. The Bertz CT molecular complexity index is 536. The second-order valence-corrected chi connectivity index (χ2v) is 6.75. The summed E-state index contributed by atoms with van der Waals surface area (Å²) in [6.45, 7) is 5.43. The van der Waals surface area contributed by atoms with Crippen LogP contribution in [0.5, 0.6) is 0 Å². The molecule has 1 atom stereocenters. The number of aryl methyl sites for hydroxylation is 1. The molecule has 0 aliphatic carbocycles. The van der Waals surface area contributed by atoms with Gasteiger partial charge in [-0.2, -0.15) is 0 Å². The van der Waals surface area contributed by atoms with E-state index in [1.165, 1.54) is 0 Å². The molecular formula is C17H28N4O2. The van der Waals surface area contributed by atoms with Crippen molar-refractivity contribution >= 4 is 5.91 Å². The van der Waals surface area contributed by atoms with Crippen molar-refractivity contribution in [2.45, 2.75) is 45.1 Å². The van der Waals surface area contributed by atoms with Crippen LogP contribution in [0, 0.1) is 5.41 Å². The molecule has 1 aromatic heterocycles. The first-order valence-corrected chi connectivity index (χ1v) is 8.79. The number of carbonyl (C=O) groups is 1. The summed E-state index contributed by atoms with van der Waals surface area (Å²) in [4.78, 5) is 19.6. The van der Waals surface area contributed by atoms with Crippen molar-refractivity contribution in [1.29, 1.82) is 0 Å². The molecule has 2 aliphatic heterocycles. The van der Waals surface area contributed by atoms with E-state index in [1.54, 1.807) is 0 Å². The SMILES string of the molecule is CCc1nccn1C1CCCN(C(=O)C2(CN)CCOCC2)C1. The van der Waals surface area contributed by atoms with Crippen LogP contribution in [0.2, 0.25) is 0 Å². The van der Waals surface area contributed by atoms with Crippen LogP contribution in [0.3, 0.4) is 0 Å². The Morgan fingerprint density at radius 3 is 2.96 bits per heavy atom. The molecule has 128 valence electrons. The van der Waals surface area contributed by atoms with Crippen molar-refractivity contribution in [2.24, 2.45) is 11.1 Å². The number of piperidine rings is 1. The van der Waals surface area contributed by atoms with E-state index in [0.29, 0.717) is 25.8 Å². The number of rotatable bonds is 4. The highest BCUT2D eigenvalue weighted by Crippen LogP contribution is 2.34. The van der Waals surface area contributed by atoms with E-state index in [4.69, 9.17) is 10.5 Å². The highest BCUT2D eigenvalue weighted by molar-refractivity contribution is 5.83. The number of imidazole rings is 1. The smallest absolute Gasteiger partial charge is 0.230 e. The van der Waals surface area contributed by atoms with Crippen LogP contribution >= 0.6 is 0 Å². The first-order chi connectivity index (χ1) is 11.2. The van der Waals surface area contributed by atoms with Gasteiger partial charge < -0.3 is 19.9 Å². The number of likely N-dealkylation sites (tertiary alicyclic amines) is 1. The lowest BCUT2D eigenvalue weighted by molar-refractivity contribution is -0.149. The summed E-state index contributed by atoms with van der Waals surface area (Å²) < 4.78 is 7.68. The zero-order chi connectivity index (χ0) is 16.3. The van der Waals surface area contributed by atoms with Crippen LogP contribution in [-0.4, -0.2) is 53.2 Å². The van der Waals surface area contributed by atoms with Crippen LogP contribution < -0.4 is 5.73 Å². The summed E-state index contributed by atoms with van der Waals surface area (Å²) in [5.74, 6) is 1.33. The Labute approximate surface area is 138 Å².